The summed E-state index contributed by atoms with van der Waals surface area (Å²) in [6.45, 7) is 5.13. The Morgan fingerprint density at radius 2 is 2.47 bits per heavy atom. The van der Waals surface area contributed by atoms with Crippen LogP contribution in [0.15, 0.2) is 23.3 Å². The van der Waals surface area contributed by atoms with Crippen molar-refractivity contribution in [2.75, 3.05) is 19.7 Å². The molecule has 17 heavy (non-hydrogen) atoms. The first-order valence-corrected chi connectivity index (χ1v) is 5.99. The number of nitrogens with zero attached hydrogens (tertiary/aromatic N) is 2. The molecular formula is C12H18N4O. The third-order valence-corrected chi connectivity index (χ3v) is 2.47. The molecule has 0 saturated carbocycles. The molecule has 0 saturated heterocycles. The molecule has 0 aliphatic carbocycles. The Balaban J connectivity index is 1.95. The van der Waals surface area contributed by atoms with Crippen LogP contribution in [0.2, 0.25) is 0 Å². The average molecular weight is 234 g/mol. The van der Waals surface area contributed by atoms with Crippen molar-refractivity contribution in [3.63, 3.8) is 0 Å². The second kappa shape index (κ2) is 6.08. The van der Waals surface area contributed by atoms with E-state index in [0.29, 0.717) is 19.0 Å². The fourth-order valence-corrected chi connectivity index (χ4v) is 1.66. The van der Waals surface area contributed by atoms with Crippen LogP contribution in [0.25, 0.3) is 0 Å². The molecule has 1 aromatic heterocycles. The van der Waals surface area contributed by atoms with E-state index in [-0.39, 0.29) is 0 Å². The third kappa shape index (κ3) is 3.34. The lowest BCUT2D eigenvalue weighted by Crippen LogP contribution is -2.40. The standard InChI is InChI=1S/C12H18N4O/c1-2-17-11-10(5-3-6-13-11)9-16-12-14-7-4-8-15-12/h3,5-6H,2,4,7-9H2,1H3,(H2,14,15,16). The molecule has 1 aromatic rings. The quantitative estimate of drug-likeness (QED) is 0.813. The van der Waals surface area contributed by atoms with Gasteiger partial charge in [-0.25, -0.2) is 4.98 Å². The average Bonchev–Trinajstić information content (AvgIpc) is 2.39. The number of nitrogens with one attached hydrogen (secondary N) is 2. The van der Waals surface area contributed by atoms with Crippen molar-refractivity contribution in [2.45, 2.75) is 19.9 Å². The molecule has 0 fully saturated rings. The van der Waals surface area contributed by atoms with Crippen LogP contribution in [0.3, 0.4) is 0 Å². The van der Waals surface area contributed by atoms with Gasteiger partial charge in [0.15, 0.2) is 5.96 Å². The lowest BCUT2D eigenvalue weighted by Gasteiger charge is -2.16. The zero-order chi connectivity index (χ0) is 11.9. The van der Waals surface area contributed by atoms with Gasteiger partial charge in [0.05, 0.1) is 6.61 Å². The molecule has 0 bridgehead atoms. The molecule has 0 atom stereocenters. The highest BCUT2D eigenvalue weighted by Crippen LogP contribution is 2.13. The van der Waals surface area contributed by atoms with E-state index in [2.05, 4.69) is 20.6 Å². The Bertz CT molecular complexity index is 392. The molecule has 5 nitrogen and oxygen atoms in total. The molecule has 2 N–H and O–H groups in total. The summed E-state index contributed by atoms with van der Waals surface area (Å²) in [4.78, 5) is 8.56. The van der Waals surface area contributed by atoms with Gasteiger partial charge in [0.25, 0.3) is 0 Å². The number of aliphatic imine (C=N–C) groups is 1. The van der Waals surface area contributed by atoms with Gasteiger partial charge in [-0.2, -0.15) is 0 Å². The second-order valence-corrected chi connectivity index (χ2v) is 3.76. The summed E-state index contributed by atoms with van der Waals surface area (Å²) < 4.78 is 5.47. The molecular weight excluding hydrogens is 216 g/mol. The summed E-state index contributed by atoms with van der Waals surface area (Å²) in [7, 11) is 0. The molecule has 1 aliphatic rings. The maximum absolute atomic E-state index is 5.47. The SMILES string of the molecule is CCOc1ncccc1CNC1=NCCCN1. The number of guanidine groups is 1. The van der Waals surface area contributed by atoms with Crippen molar-refractivity contribution < 1.29 is 4.74 Å². The molecule has 0 spiro atoms. The second-order valence-electron chi connectivity index (χ2n) is 3.76. The van der Waals surface area contributed by atoms with Crippen LogP contribution < -0.4 is 15.4 Å². The van der Waals surface area contributed by atoms with E-state index in [1.807, 2.05) is 19.1 Å². The highest BCUT2D eigenvalue weighted by atomic mass is 16.5. The highest BCUT2D eigenvalue weighted by molar-refractivity contribution is 5.80. The largest absolute Gasteiger partial charge is 0.478 e. The van der Waals surface area contributed by atoms with Crippen molar-refractivity contribution >= 4 is 5.96 Å². The summed E-state index contributed by atoms with van der Waals surface area (Å²) in [5.41, 5.74) is 1.05. The molecule has 2 heterocycles. The van der Waals surface area contributed by atoms with Gasteiger partial charge in [-0.15, -0.1) is 0 Å². The van der Waals surface area contributed by atoms with E-state index >= 15 is 0 Å². The fourth-order valence-electron chi connectivity index (χ4n) is 1.66. The number of pyridine rings is 1. The zero-order valence-electron chi connectivity index (χ0n) is 10.1. The van der Waals surface area contributed by atoms with Crippen molar-refractivity contribution in [1.82, 2.24) is 15.6 Å². The molecule has 1 aliphatic heterocycles. The van der Waals surface area contributed by atoms with E-state index in [1.54, 1.807) is 6.20 Å². The first kappa shape index (κ1) is 11.7. The first-order chi connectivity index (χ1) is 8.40. The molecule has 2 rings (SSSR count). The lowest BCUT2D eigenvalue weighted by atomic mass is 10.2. The summed E-state index contributed by atoms with van der Waals surface area (Å²) in [5.74, 6) is 1.56. The van der Waals surface area contributed by atoms with Gasteiger partial charge >= 0.3 is 0 Å². The van der Waals surface area contributed by atoms with Crippen molar-refractivity contribution in [3.8, 4) is 5.88 Å². The van der Waals surface area contributed by atoms with Crippen LogP contribution >= 0.6 is 0 Å². The van der Waals surface area contributed by atoms with Gasteiger partial charge in [0, 0.05) is 31.4 Å². The third-order valence-electron chi connectivity index (χ3n) is 2.47. The fraction of sp³-hybridized carbons (Fsp3) is 0.500. The summed E-state index contributed by atoms with van der Waals surface area (Å²) in [5, 5.41) is 6.47. The smallest absolute Gasteiger partial charge is 0.218 e. The Hall–Kier alpha value is -1.78. The van der Waals surface area contributed by atoms with Crippen LogP contribution in [0.1, 0.15) is 18.9 Å². The molecule has 0 unspecified atom stereocenters. The van der Waals surface area contributed by atoms with Crippen LogP contribution in [-0.2, 0) is 6.54 Å². The molecule has 92 valence electrons. The van der Waals surface area contributed by atoms with Crippen molar-refractivity contribution in [3.05, 3.63) is 23.9 Å². The van der Waals surface area contributed by atoms with E-state index in [9.17, 15) is 0 Å². The number of ether oxygens (including phenoxy) is 1. The normalized spacial score (nSPS) is 14.8. The van der Waals surface area contributed by atoms with Gasteiger partial charge < -0.3 is 15.4 Å². The number of aromatic nitrogens is 1. The monoisotopic (exact) mass is 234 g/mol. The van der Waals surface area contributed by atoms with E-state index in [0.717, 1.165) is 31.0 Å². The number of hydrogen-bond donors (Lipinski definition) is 2. The molecule has 0 amide bonds. The van der Waals surface area contributed by atoms with Crippen LogP contribution in [-0.4, -0.2) is 30.6 Å². The van der Waals surface area contributed by atoms with Gasteiger partial charge in [-0.3, -0.25) is 4.99 Å². The number of hydrogen-bond acceptors (Lipinski definition) is 5. The molecule has 0 radical (unpaired) electrons. The summed E-state index contributed by atoms with van der Waals surface area (Å²) in [6, 6.07) is 3.92. The topological polar surface area (TPSA) is 58.5 Å². The van der Waals surface area contributed by atoms with E-state index in [1.165, 1.54) is 0 Å². The lowest BCUT2D eigenvalue weighted by molar-refractivity contribution is 0.322. The highest BCUT2D eigenvalue weighted by Gasteiger charge is 2.06. The predicted octanol–water partition coefficient (Wildman–Crippen LogP) is 0.919. The first-order valence-electron chi connectivity index (χ1n) is 5.99. The van der Waals surface area contributed by atoms with E-state index < -0.39 is 0 Å². The van der Waals surface area contributed by atoms with Crippen LogP contribution in [0.4, 0.5) is 0 Å². The Kier molecular flexibility index (Phi) is 4.18. The minimum atomic E-state index is 0.628. The van der Waals surface area contributed by atoms with Crippen LogP contribution in [0, 0.1) is 0 Å². The summed E-state index contributed by atoms with van der Waals surface area (Å²) in [6.07, 6.45) is 2.84. The minimum absolute atomic E-state index is 0.628. The molecule has 5 heteroatoms. The van der Waals surface area contributed by atoms with Gasteiger partial charge in [0.1, 0.15) is 0 Å². The minimum Gasteiger partial charge on any atom is -0.478 e. The van der Waals surface area contributed by atoms with Gasteiger partial charge in [0.2, 0.25) is 5.88 Å². The van der Waals surface area contributed by atoms with Gasteiger partial charge in [-0.1, -0.05) is 6.07 Å². The van der Waals surface area contributed by atoms with Crippen molar-refractivity contribution in [2.24, 2.45) is 4.99 Å². The maximum atomic E-state index is 5.47. The summed E-state index contributed by atoms with van der Waals surface area (Å²) >= 11 is 0. The Morgan fingerprint density at radius 3 is 3.24 bits per heavy atom. The van der Waals surface area contributed by atoms with Crippen molar-refractivity contribution in [1.29, 1.82) is 0 Å². The van der Waals surface area contributed by atoms with Gasteiger partial charge in [-0.05, 0) is 19.4 Å². The van der Waals surface area contributed by atoms with E-state index in [4.69, 9.17) is 4.74 Å². The Morgan fingerprint density at radius 1 is 1.53 bits per heavy atom. The zero-order valence-corrected chi connectivity index (χ0v) is 10.1. The Labute approximate surface area is 101 Å². The number of rotatable bonds is 4. The predicted molar refractivity (Wildman–Crippen MR) is 67.2 cm³/mol. The van der Waals surface area contributed by atoms with Crippen LogP contribution in [0.5, 0.6) is 5.88 Å². The maximum Gasteiger partial charge on any atom is 0.218 e. The molecule has 0 aromatic carbocycles.